The maximum atomic E-state index is 5.72. The molecule has 1 atom stereocenters. The van der Waals surface area contributed by atoms with Crippen LogP contribution < -0.4 is 10.6 Å². The molecule has 0 saturated carbocycles. The van der Waals surface area contributed by atoms with E-state index in [1.165, 1.54) is 5.56 Å². The average molecular weight is 309 g/mol. The summed E-state index contributed by atoms with van der Waals surface area (Å²) < 4.78 is 12.9. The fourth-order valence-electron chi connectivity index (χ4n) is 2.27. The van der Waals surface area contributed by atoms with Crippen LogP contribution in [0.5, 0.6) is 0 Å². The van der Waals surface area contributed by atoms with Gasteiger partial charge in [0.05, 0.1) is 25.5 Å². The van der Waals surface area contributed by atoms with Gasteiger partial charge in [-0.2, -0.15) is 5.10 Å². The highest BCUT2D eigenvalue weighted by atomic mass is 16.5. The van der Waals surface area contributed by atoms with Gasteiger partial charge in [-0.3, -0.25) is 9.67 Å². The molecule has 1 saturated heterocycles. The van der Waals surface area contributed by atoms with E-state index in [-0.39, 0.29) is 6.10 Å². The van der Waals surface area contributed by atoms with Gasteiger partial charge in [0.2, 0.25) is 0 Å². The minimum atomic E-state index is 0.287. The molecule has 0 radical (unpaired) electrons. The molecular weight excluding hydrogens is 282 g/mol. The van der Waals surface area contributed by atoms with E-state index in [9.17, 15) is 0 Å². The summed E-state index contributed by atoms with van der Waals surface area (Å²) in [5, 5.41) is 10.8. The van der Waals surface area contributed by atoms with Crippen LogP contribution in [0, 0.1) is 6.92 Å². The summed E-state index contributed by atoms with van der Waals surface area (Å²) in [6, 6.07) is 0. The Morgan fingerprint density at radius 1 is 1.50 bits per heavy atom. The minimum absolute atomic E-state index is 0.287. The first kappa shape index (κ1) is 16.8. The molecule has 22 heavy (non-hydrogen) atoms. The van der Waals surface area contributed by atoms with Crippen molar-refractivity contribution in [3.05, 3.63) is 18.0 Å². The zero-order chi connectivity index (χ0) is 15.6. The lowest BCUT2D eigenvalue weighted by Gasteiger charge is -2.13. The summed E-state index contributed by atoms with van der Waals surface area (Å²) in [6.45, 7) is 6.81. The van der Waals surface area contributed by atoms with E-state index in [0.29, 0.717) is 0 Å². The van der Waals surface area contributed by atoms with Crippen molar-refractivity contribution in [3.8, 4) is 0 Å². The van der Waals surface area contributed by atoms with Crippen LogP contribution in [-0.4, -0.2) is 61.8 Å². The van der Waals surface area contributed by atoms with Crippen LogP contribution in [0.25, 0.3) is 0 Å². The predicted octanol–water partition coefficient (Wildman–Crippen LogP) is 0.552. The number of nitrogens with zero attached hydrogens (tertiary/aromatic N) is 3. The smallest absolute Gasteiger partial charge is 0.191 e. The topological polar surface area (TPSA) is 72.7 Å². The highest BCUT2D eigenvalue weighted by molar-refractivity contribution is 5.79. The Morgan fingerprint density at radius 2 is 2.36 bits per heavy atom. The van der Waals surface area contributed by atoms with E-state index in [2.05, 4.69) is 20.7 Å². The molecule has 1 aromatic rings. The molecule has 7 nitrogen and oxygen atoms in total. The zero-order valence-electron chi connectivity index (χ0n) is 13.5. The Morgan fingerprint density at radius 3 is 3.05 bits per heavy atom. The van der Waals surface area contributed by atoms with E-state index in [1.807, 2.05) is 24.0 Å². The first-order valence-electron chi connectivity index (χ1n) is 7.91. The molecule has 2 rings (SSSR count). The van der Waals surface area contributed by atoms with Crippen molar-refractivity contribution in [1.29, 1.82) is 0 Å². The van der Waals surface area contributed by atoms with Crippen LogP contribution in [0.1, 0.15) is 18.4 Å². The number of aryl methyl sites for hydroxylation is 1. The Hall–Kier alpha value is -1.60. The van der Waals surface area contributed by atoms with Gasteiger partial charge >= 0.3 is 0 Å². The molecule has 1 aromatic heterocycles. The van der Waals surface area contributed by atoms with E-state index in [0.717, 1.165) is 58.3 Å². The Labute approximate surface area is 132 Å². The number of aliphatic imine (C=N–C) groups is 1. The highest BCUT2D eigenvalue weighted by Crippen LogP contribution is 2.07. The second-order valence-electron chi connectivity index (χ2n) is 5.42. The van der Waals surface area contributed by atoms with Crippen LogP contribution in [0.15, 0.2) is 17.4 Å². The second-order valence-corrected chi connectivity index (χ2v) is 5.42. The third-order valence-corrected chi connectivity index (χ3v) is 3.47. The summed E-state index contributed by atoms with van der Waals surface area (Å²) in [5.41, 5.74) is 1.18. The first-order valence-corrected chi connectivity index (χ1v) is 7.91. The van der Waals surface area contributed by atoms with Crippen LogP contribution in [-0.2, 0) is 16.0 Å². The van der Waals surface area contributed by atoms with Crippen molar-refractivity contribution < 1.29 is 9.47 Å². The van der Waals surface area contributed by atoms with Gasteiger partial charge in [-0.15, -0.1) is 0 Å². The van der Waals surface area contributed by atoms with Gasteiger partial charge in [0.1, 0.15) is 0 Å². The SMILES string of the molecule is CN=C(NCCCOC1CCOC1)NCCn1cc(C)cn1. The molecule has 2 N–H and O–H groups in total. The normalized spacial score (nSPS) is 18.6. The number of hydrogen-bond acceptors (Lipinski definition) is 4. The second kappa shape index (κ2) is 9.42. The number of guanidine groups is 1. The summed E-state index contributed by atoms with van der Waals surface area (Å²) >= 11 is 0. The molecule has 1 fully saturated rings. The Kier molecular flexibility index (Phi) is 7.18. The Bertz CT molecular complexity index is 455. The minimum Gasteiger partial charge on any atom is -0.379 e. The van der Waals surface area contributed by atoms with Crippen molar-refractivity contribution in [2.24, 2.45) is 4.99 Å². The summed E-state index contributed by atoms with van der Waals surface area (Å²) in [5.74, 6) is 0.813. The lowest BCUT2D eigenvalue weighted by molar-refractivity contribution is 0.0420. The van der Waals surface area contributed by atoms with E-state index < -0.39 is 0 Å². The lowest BCUT2D eigenvalue weighted by Crippen LogP contribution is -2.39. The number of hydrogen-bond donors (Lipinski definition) is 2. The Balaban J connectivity index is 1.51. The third-order valence-electron chi connectivity index (χ3n) is 3.47. The van der Waals surface area contributed by atoms with Gasteiger partial charge in [-0.25, -0.2) is 0 Å². The van der Waals surface area contributed by atoms with Gasteiger partial charge in [0.15, 0.2) is 5.96 Å². The summed E-state index contributed by atoms with van der Waals surface area (Å²) in [6.07, 6.45) is 6.15. The molecule has 0 bridgehead atoms. The van der Waals surface area contributed by atoms with Gasteiger partial charge in [0.25, 0.3) is 0 Å². The summed E-state index contributed by atoms with van der Waals surface area (Å²) in [7, 11) is 1.78. The molecule has 1 aliphatic heterocycles. The molecule has 0 aliphatic carbocycles. The van der Waals surface area contributed by atoms with Crippen LogP contribution in [0.2, 0.25) is 0 Å². The van der Waals surface area contributed by atoms with Crippen molar-refractivity contribution in [1.82, 2.24) is 20.4 Å². The summed E-state index contributed by atoms with van der Waals surface area (Å²) in [4.78, 5) is 4.20. The molecule has 2 heterocycles. The van der Waals surface area contributed by atoms with E-state index in [1.54, 1.807) is 7.05 Å². The van der Waals surface area contributed by atoms with Gasteiger partial charge in [-0.1, -0.05) is 0 Å². The third kappa shape index (κ3) is 6.03. The average Bonchev–Trinajstić information content (AvgIpc) is 3.17. The fraction of sp³-hybridized carbons (Fsp3) is 0.733. The maximum Gasteiger partial charge on any atom is 0.191 e. The van der Waals surface area contributed by atoms with E-state index in [4.69, 9.17) is 9.47 Å². The standard InChI is InChI=1S/C15H27N5O2/c1-13-10-19-20(11-13)7-6-18-15(16-2)17-5-3-8-22-14-4-9-21-12-14/h10-11,14H,3-9,12H2,1-2H3,(H2,16,17,18). The molecular formula is C15H27N5O2. The van der Waals surface area contributed by atoms with Crippen LogP contribution in [0.3, 0.4) is 0 Å². The zero-order valence-corrected chi connectivity index (χ0v) is 13.5. The predicted molar refractivity (Wildman–Crippen MR) is 86.1 cm³/mol. The van der Waals surface area contributed by atoms with E-state index >= 15 is 0 Å². The molecule has 0 amide bonds. The number of rotatable bonds is 8. The fourth-order valence-corrected chi connectivity index (χ4v) is 2.27. The van der Waals surface area contributed by atoms with Gasteiger partial charge < -0.3 is 20.1 Å². The largest absolute Gasteiger partial charge is 0.379 e. The molecule has 7 heteroatoms. The molecule has 1 unspecified atom stereocenters. The molecule has 124 valence electrons. The lowest BCUT2D eigenvalue weighted by atomic mass is 10.3. The van der Waals surface area contributed by atoms with Crippen molar-refractivity contribution in [2.75, 3.05) is 40.0 Å². The van der Waals surface area contributed by atoms with Crippen molar-refractivity contribution in [2.45, 2.75) is 32.4 Å². The van der Waals surface area contributed by atoms with Crippen LogP contribution in [0.4, 0.5) is 0 Å². The molecule has 0 spiro atoms. The number of ether oxygens (including phenoxy) is 2. The maximum absolute atomic E-state index is 5.72. The molecule has 1 aliphatic rings. The van der Waals surface area contributed by atoms with Crippen molar-refractivity contribution >= 4 is 5.96 Å². The number of aromatic nitrogens is 2. The van der Waals surface area contributed by atoms with Crippen LogP contribution >= 0.6 is 0 Å². The van der Waals surface area contributed by atoms with Crippen molar-refractivity contribution in [3.63, 3.8) is 0 Å². The number of nitrogens with one attached hydrogen (secondary N) is 2. The highest BCUT2D eigenvalue weighted by Gasteiger charge is 2.15. The van der Waals surface area contributed by atoms with Gasteiger partial charge in [0, 0.05) is 39.5 Å². The van der Waals surface area contributed by atoms with Gasteiger partial charge in [-0.05, 0) is 25.3 Å². The first-order chi connectivity index (χ1) is 10.8. The molecule has 0 aromatic carbocycles. The quantitative estimate of drug-likeness (QED) is 0.417. The monoisotopic (exact) mass is 309 g/mol.